The molecule has 0 saturated carbocycles. The summed E-state index contributed by atoms with van der Waals surface area (Å²) in [5, 5.41) is 3.38. The Morgan fingerprint density at radius 2 is 1.93 bits per heavy atom. The Hall–Kier alpha value is -2.93. The first-order chi connectivity index (χ1) is 13.1. The minimum absolute atomic E-state index is 0.0528. The maximum atomic E-state index is 12.5. The van der Waals surface area contributed by atoms with Crippen LogP contribution < -0.4 is 5.32 Å². The van der Waals surface area contributed by atoms with Crippen molar-refractivity contribution in [2.45, 2.75) is 19.8 Å². The summed E-state index contributed by atoms with van der Waals surface area (Å²) in [7, 11) is 0. The summed E-state index contributed by atoms with van der Waals surface area (Å²) in [6.45, 7) is 3.48. The Morgan fingerprint density at radius 3 is 2.67 bits per heavy atom. The first-order valence-electron chi connectivity index (χ1n) is 8.94. The van der Waals surface area contributed by atoms with Crippen molar-refractivity contribution in [3.8, 4) is 10.4 Å². The quantitative estimate of drug-likeness (QED) is 0.720. The standard InChI is InChI=1S/C20H20N4O2S/c1-13-17(14-7-3-2-4-8-14)27-20(22-13)23-18(25)15-11-16(21-12-15)19(26)24-9-5-6-10-24/h2-4,7-8,11-12,21H,5-6,9-10H2,1H3,(H,22,23,25). The summed E-state index contributed by atoms with van der Waals surface area (Å²) in [5.74, 6) is -0.330. The highest BCUT2D eigenvalue weighted by atomic mass is 32.1. The number of aromatic amines is 1. The number of benzene rings is 1. The summed E-state index contributed by atoms with van der Waals surface area (Å²) in [5.41, 5.74) is 2.82. The highest BCUT2D eigenvalue weighted by Crippen LogP contribution is 2.32. The Morgan fingerprint density at radius 1 is 1.19 bits per heavy atom. The van der Waals surface area contributed by atoms with Crippen molar-refractivity contribution in [1.82, 2.24) is 14.9 Å². The van der Waals surface area contributed by atoms with E-state index in [9.17, 15) is 9.59 Å². The van der Waals surface area contributed by atoms with Gasteiger partial charge in [0.05, 0.1) is 16.1 Å². The molecule has 1 aliphatic heterocycles. The zero-order chi connectivity index (χ0) is 18.8. The maximum Gasteiger partial charge on any atom is 0.270 e. The van der Waals surface area contributed by atoms with Crippen LogP contribution in [0.4, 0.5) is 5.13 Å². The molecule has 0 radical (unpaired) electrons. The first kappa shape index (κ1) is 17.5. The molecule has 0 aliphatic carbocycles. The van der Waals surface area contributed by atoms with E-state index >= 15 is 0 Å². The lowest BCUT2D eigenvalue weighted by atomic mass is 10.2. The predicted molar refractivity (Wildman–Crippen MR) is 106 cm³/mol. The summed E-state index contributed by atoms with van der Waals surface area (Å²) in [6, 6.07) is 11.6. The molecule has 2 aromatic heterocycles. The highest BCUT2D eigenvalue weighted by Gasteiger charge is 2.22. The van der Waals surface area contributed by atoms with E-state index < -0.39 is 0 Å². The molecule has 2 amide bonds. The molecular formula is C20H20N4O2S. The molecule has 1 fully saturated rings. The second-order valence-corrected chi connectivity index (χ2v) is 7.55. The van der Waals surface area contributed by atoms with Gasteiger partial charge in [0, 0.05) is 19.3 Å². The molecule has 0 bridgehead atoms. The summed E-state index contributed by atoms with van der Waals surface area (Å²) in [4.78, 5) is 35.2. The molecule has 4 rings (SSSR count). The van der Waals surface area contributed by atoms with Gasteiger partial charge in [-0.1, -0.05) is 41.7 Å². The molecule has 0 unspecified atom stereocenters. The molecule has 0 spiro atoms. The Kier molecular flexibility index (Phi) is 4.77. The fourth-order valence-corrected chi connectivity index (χ4v) is 4.18. The van der Waals surface area contributed by atoms with Gasteiger partial charge in [-0.15, -0.1) is 0 Å². The number of likely N-dealkylation sites (tertiary alicyclic amines) is 1. The second kappa shape index (κ2) is 7.36. The van der Waals surface area contributed by atoms with E-state index in [0.29, 0.717) is 16.4 Å². The Balaban J connectivity index is 1.48. The number of hydrogen-bond acceptors (Lipinski definition) is 4. The van der Waals surface area contributed by atoms with Crippen LogP contribution in [0, 0.1) is 6.92 Å². The van der Waals surface area contributed by atoms with Crippen molar-refractivity contribution >= 4 is 28.3 Å². The number of carbonyl (C=O) groups excluding carboxylic acids is 2. The molecule has 1 aromatic carbocycles. The number of anilines is 1. The van der Waals surface area contributed by atoms with Gasteiger partial charge in [0.1, 0.15) is 5.69 Å². The molecule has 7 heteroatoms. The van der Waals surface area contributed by atoms with Crippen LogP contribution in [-0.4, -0.2) is 39.8 Å². The number of aromatic nitrogens is 2. The third-order valence-corrected chi connectivity index (χ3v) is 5.74. The van der Waals surface area contributed by atoms with E-state index in [1.54, 1.807) is 12.3 Å². The monoisotopic (exact) mass is 380 g/mol. The molecule has 6 nitrogen and oxygen atoms in total. The number of thiazole rings is 1. The third-order valence-electron chi connectivity index (χ3n) is 4.62. The van der Waals surface area contributed by atoms with Crippen molar-refractivity contribution in [1.29, 1.82) is 0 Å². The van der Waals surface area contributed by atoms with E-state index in [-0.39, 0.29) is 11.8 Å². The molecule has 3 heterocycles. The van der Waals surface area contributed by atoms with Crippen LogP contribution in [0.5, 0.6) is 0 Å². The van der Waals surface area contributed by atoms with Gasteiger partial charge in [-0.05, 0) is 31.4 Å². The smallest absolute Gasteiger partial charge is 0.270 e. The van der Waals surface area contributed by atoms with Gasteiger partial charge >= 0.3 is 0 Å². The van der Waals surface area contributed by atoms with Crippen LogP contribution in [0.2, 0.25) is 0 Å². The van der Waals surface area contributed by atoms with Crippen molar-refractivity contribution in [2.75, 3.05) is 18.4 Å². The third kappa shape index (κ3) is 3.64. The lowest BCUT2D eigenvalue weighted by molar-refractivity contribution is 0.0787. The Bertz CT molecular complexity index is 971. The van der Waals surface area contributed by atoms with E-state index in [2.05, 4.69) is 15.3 Å². The SMILES string of the molecule is Cc1nc(NC(=O)c2c[nH]c(C(=O)N3CCCC3)c2)sc1-c1ccccc1. The average molecular weight is 380 g/mol. The fourth-order valence-electron chi connectivity index (χ4n) is 3.22. The molecule has 2 N–H and O–H groups in total. The predicted octanol–water partition coefficient (Wildman–Crippen LogP) is 3.93. The number of aryl methyl sites for hydroxylation is 1. The molecule has 138 valence electrons. The minimum Gasteiger partial charge on any atom is -0.356 e. The van der Waals surface area contributed by atoms with Crippen LogP contribution in [0.3, 0.4) is 0 Å². The summed E-state index contributed by atoms with van der Waals surface area (Å²) >= 11 is 1.44. The maximum absolute atomic E-state index is 12.5. The van der Waals surface area contributed by atoms with Crippen LogP contribution in [0.1, 0.15) is 39.4 Å². The van der Waals surface area contributed by atoms with Crippen molar-refractivity contribution in [3.63, 3.8) is 0 Å². The molecule has 1 aliphatic rings. The van der Waals surface area contributed by atoms with E-state index in [1.807, 2.05) is 42.2 Å². The number of carbonyl (C=O) groups is 2. The molecular weight excluding hydrogens is 360 g/mol. The van der Waals surface area contributed by atoms with E-state index in [4.69, 9.17) is 0 Å². The van der Waals surface area contributed by atoms with Gasteiger partial charge in [0.2, 0.25) is 0 Å². The van der Waals surface area contributed by atoms with Gasteiger partial charge in [-0.3, -0.25) is 14.9 Å². The molecule has 3 aromatic rings. The lowest BCUT2D eigenvalue weighted by Crippen LogP contribution is -2.27. The number of hydrogen-bond donors (Lipinski definition) is 2. The van der Waals surface area contributed by atoms with Gasteiger partial charge < -0.3 is 9.88 Å². The van der Waals surface area contributed by atoms with Crippen LogP contribution in [0.15, 0.2) is 42.6 Å². The second-order valence-electron chi connectivity index (χ2n) is 6.56. The molecule has 27 heavy (non-hydrogen) atoms. The lowest BCUT2D eigenvalue weighted by Gasteiger charge is -2.13. The summed E-state index contributed by atoms with van der Waals surface area (Å²) < 4.78 is 0. The largest absolute Gasteiger partial charge is 0.356 e. The van der Waals surface area contributed by atoms with E-state index in [0.717, 1.165) is 42.1 Å². The normalized spacial score (nSPS) is 13.7. The number of H-pyrrole nitrogens is 1. The van der Waals surface area contributed by atoms with Crippen molar-refractivity contribution in [2.24, 2.45) is 0 Å². The minimum atomic E-state index is -0.278. The number of nitrogens with one attached hydrogen (secondary N) is 2. The molecule has 1 saturated heterocycles. The van der Waals surface area contributed by atoms with Crippen LogP contribution in [-0.2, 0) is 0 Å². The van der Waals surface area contributed by atoms with Crippen molar-refractivity contribution < 1.29 is 9.59 Å². The first-order valence-corrected chi connectivity index (χ1v) is 9.75. The van der Waals surface area contributed by atoms with Gasteiger partial charge in [-0.2, -0.15) is 0 Å². The number of nitrogens with zero attached hydrogens (tertiary/aromatic N) is 2. The number of amides is 2. The number of rotatable bonds is 4. The van der Waals surface area contributed by atoms with Crippen LogP contribution >= 0.6 is 11.3 Å². The van der Waals surface area contributed by atoms with E-state index in [1.165, 1.54) is 11.3 Å². The van der Waals surface area contributed by atoms with Gasteiger partial charge in [0.25, 0.3) is 11.8 Å². The zero-order valence-corrected chi connectivity index (χ0v) is 15.8. The molecule has 0 atom stereocenters. The van der Waals surface area contributed by atoms with Crippen LogP contribution in [0.25, 0.3) is 10.4 Å². The highest BCUT2D eigenvalue weighted by molar-refractivity contribution is 7.19. The Labute approximate surface area is 161 Å². The van der Waals surface area contributed by atoms with Gasteiger partial charge in [0.15, 0.2) is 5.13 Å². The van der Waals surface area contributed by atoms with Crippen molar-refractivity contribution in [3.05, 3.63) is 59.5 Å². The van der Waals surface area contributed by atoms with Gasteiger partial charge in [-0.25, -0.2) is 4.98 Å². The fraction of sp³-hybridized carbons (Fsp3) is 0.250. The average Bonchev–Trinajstić information content (AvgIpc) is 3.43. The topological polar surface area (TPSA) is 78.1 Å². The summed E-state index contributed by atoms with van der Waals surface area (Å²) in [6.07, 6.45) is 3.64. The zero-order valence-electron chi connectivity index (χ0n) is 15.0.